The number of alkyl halides is 3. The monoisotopic (exact) mass is 500 g/mol. The first-order valence-corrected chi connectivity index (χ1v) is 11.7. The third-order valence-electron chi connectivity index (χ3n) is 6.24. The van der Waals surface area contributed by atoms with Crippen molar-refractivity contribution in [1.82, 2.24) is 9.97 Å². The van der Waals surface area contributed by atoms with Gasteiger partial charge in [0, 0.05) is 34.5 Å². The molecule has 37 heavy (non-hydrogen) atoms. The smallest absolute Gasteiger partial charge is 0.399 e. The molecule has 5 rings (SSSR count). The maximum atomic E-state index is 13.1. The van der Waals surface area contributed by atoms with E-state index >= 15 is 0 Å². The predicted molar refractivity (Wildman–Crippen MR) is 139 cm³/mol. The SMILES string of the molecule is Cc1ccc(C(=O)Cc2cccc(C(F)(F)F)c2)cc1Nc1nc(-c2ccc(N)cc2)nc2c1CC=C2. The minimum atomic E-state index is -4.46. The molecule has 0 spiro atoms. The Bertz CT molecular complexity index is 1530. The Morgan fingerprint density at radius 2 is 1.81 bits per heavy atom. The average molecular weight is 501 g/mol. The highest BCUT2D eigenvalue weighted by Crippen LogP contribution is 2.32. The Balaban J connectivity index is 1.43. The highest BCUT2D eigenvalue weighted by Gasteiger charge is 2.30. The van der Waals surface area contributed by atoms with Gasteiger partial charge in [-0.2, -0.15) is 13.2 Å². The molecule has 0 aliphatic heterocycles. The number of fused-ring (bicyclic) bond motifs is 1. The molecule has 0 bridgehead atoms. The van der Waals surface area contributed by atoms with Gasteiger partial charge in [0.1, 0.15) is 5.82 Å². The van der Waals surface area contributed by atoms with E-state index in [2.05, 4.69) is 10.3 Å². The van der Waals surface area contributed by atoms with Gasteiger partial charge in [-0.05, 0) is 66.9 Å². The van der Waals surface area contributed by atoms with Crippen molar-refractivity contribution >= 4 is 29.1 Å². The normalized spacial score (nSPS) is 12.4. The first kappa shape index (κ1) is 24.2. The van der Waals surface area contributed by atoms with Crippen LogP contribution >= 0.6 is 0 Å². The second kappa shape index (κ2) is 9.54. The lowest BCUT2D eigenvalue weighted by molar-refractivity contribution is -0.137. The van der Waals surface area contributed by atoms with Gasteiger partial charge in [-0.1, -0.05) is 36.4 Å². The number of nitrogens with two attached hydrogens (primary N) is 1. The van der Waals surface area contributed by atoms with E-state index in [1.807, 2.05) is 37.3 Å². The number of carbonyl (C=O) groups is 1. The van der Waals surface area contributed by atoms with E-state index in [1.165, 1.54) is 12.1 Å². The lowest BCUT2D eigenvalue weighted by Crippen LogP contribution is -2.09. The molecule has 0 atom stereocenters. The molecule has 3 aromatic carbocycles. The zero-order valence-electron chi connectivity index (χ0n) is 19.9. The van der Waals surface area contributed by atoms with Gasteiger partial charge < -0.3 is 11.1 Å². The van der Waals surface area contributed by atoms with Crippen LogP contribution in [-0.2, 0) is 19.0 Å². The summed E-state index contributed by atoms with van der Waals surface area (Å²) in [6.07, 6.45) is 0.0370. The lowest BCUT2D eigenvalue weighted by atomic mass is 9.99. The molecule has 0 fully saturated rings. The predicted octanol–water partition coefficient (Wildman–Crippen LogP) is 6.79. The van der Waals surface area contributed by atoms with Crippen LogP contribution in [0.15, 0.2) is 72.8 Å². The summed E-state index contributed by atoms with van der Waals surface area (Å²) in [5, 5.41) is 3.37. The fraction of sp³-hybridized carbons (Fsp3) is 0.138. The van der Waals surface area contributed by atoms with Gasteiger partial charge in [-0.25, -0.2) is 9.97 Å². The molecule has 4 aromatic rings. The van der Waals surface area contributed by atoms with Crippen LogP contribution in [0, 0.1) is 6.92 Å². The minimum Gasteiger partial charge on any atom is -0.399 e. The summed E-state index contributed by atoms with van der Waals surface area (Å²) in [6.45, 7) is 1.91. The van der Waals surface area contributed by atoms with E-state index < -0.39 is 11.7 Å². The molecule has 3 N–H and O–H groups in total. The summed E-state index contributed by atoms with van der Waals surface area (Å²) in [7, 11) is 0. The fourth-order valence-electron chi connectivity index (χ4n) is 4.20. The van der Waals surface area contributed by atoms with Gasteiger partial charge in [-0.3, -0.25) is 4.79 Å². The summed E-state index contributed by atoms with van der Waals surface area (Å²) in [4.78, 5) is 22.4. The Labute approximate surface area is 211 Å². The number of nitrogen functional groups attached to an aromatic ring is 1. The first-order valence-electron chi connectivity index (χ1n) is 11.7. The number of nitrogens with one attached hydrogen (secondary N) is 1. The molecular formula is C29H23F3N4O. The number of aromatic nitrogens is 2. The molecule has 1 aromatic heterocycles. The van der Waals surface area contributed by atoms with Crippen LogP contribution in [0.5, 0.6) is 0 Å². The quantitative estimate of drug-likeness (QED) is 0.225. The standard InChI is InChI=1S/C29H23F3N4O/c1-17-8-9-20(26(37)15-18-4-2-5-21(14-18)29(30,31)32)16-25(17)35-28-23-6-3-7-24(23)34-27(36-28)19-10-12-22(33)13-11-19/h2-5,7-14,16H,6,15,33H2,1H3,(H,34,35,36). The van der Waals surface area contributed by atoms with Gasteiger partial charge in [0.2, 0.25) is 0 Å². The summed E-state index contributed by atoms with van der Waals surface area (Å²) >= 11 is 0. The topological polar surface area (TPSA) is 80.9 Å². The maximum Gasteiger partial charge on any atom is 0.416 e. The molecule has 0 saturated heterocycles. The highest BCUT2D eigenvalue weighted by molar-refractivity contribution is 5.98. The second-order valence-electron chi connectivity index (χ2n) is 8.94. The molecule has 1 aliphatic carbocycles. The average Bonchev–Trinajstić information content (AvgIpc) is 3.34. The van der Waals surface area contributed by atoms with Crippen LogP contribution in [0.1, 0.15) is 38.3 Å². The van der Waals surface area contributed by atoms with Crippen molar-refractivity contribution in [3.05, 3.63) is 106 Å². The van der Waals surface area contributed by atoms with Gasteiger partial charge in [-0.15, -0.1) is 0 Å². The van der Waals surface area contributed by atoms with E-state index in [4.69, 9.17) is 10.7 Å². The third kappa shape index (κ3) is 5.23. The van der Waals surface area contributed by atoms with Crippen molar-refractivity contribution < 1.29 is 18.0 Å². The molecular weight excluding hydrogens is 477 g/mol. The summed E-state index contributed by atoms with van der Waals surface area (Å²) in [5.74, 6) is 0.897. The van der Waals surface area contributed by atoms with Gasteiger partial charge in [0.25, 0.3) is 0 Å². The number of anilines is 3. The first-order chi connectivity index (χ1) is 17.7. The van der Waals surface area contributed by atoms with Crippen molar-refractivity contribution in [2.45, 2.75) is 25.9 Å². The summed E-state index contributed by atoms with van der Waals surface area (Å²) in [6, 6.07) is 17.4. The number of halogens is 3. The summed E-state index contributed by atoms with van der Waals surface area (Å²) in [5.41, 5.74) is 10.6. The van der Waals surface area contributed by atoms with E-state index in [-0.39, 0.29) is 12.2 Å². The van der Waals surface area contributed by atoms with Gasteiger partial charge >= 0.3 is 6.18 Å². The number of hydrogen-bond donors (Lipinski definition) is 2. The van der Waals surface area contributed by atoms with Crippen LogP contribution in [-0.4, -0.2) is 15.8 Å². The number of Topliss-reactive ketones (excluding diaryl/α,β-unsaturated/α-hetero) is 1. The van der Waals surface area contributed by atoms with E-state index in [0.717, 1.165) is 34.5 Å². The molecule has 0 unspecified atom stereocenters. The van der Waals surface area contributed by atoms with Crippen LogP contribution in [0.2, 0.25) is 0 Å². The minimum absolute atomic E-state index is 0.138. The molecule has 0 radical (unpaired) electrons. The lowest BCUT2D eigenvalue weighted by Gasteiger charge is -2.15. The van der Waals surface area contributed by atoms with Gasteiger partial charge in [0.05, 0.1) is 11.3 Å². The van der Waals surface area contributed by atoms with Gasteiger partial charge in [0.15, 0.2) is 11.6 Å². The number of nitrogens with zero attached hydrogens (tertiary/aromatic N) is 2. The molecule has 5 nitrogen and oxygen atoms in total. The van der Waals surface area contributed by atoms with Crippen molar-refractivity contribution in [2.24, 2.45) is 0 Å². The Morgan fingerprint density at radius 3 is 2.57 bits per heavy atom. The zero-order chi connectivity index (χ0) is 26.2. The largest absolute Gasteiger partial charge is 0.416 e. The van der Waals surface area contributed by atoms with Crippen molar-refractivity contribution in [3.8, 4) is 11.4 Å². The highest BCUT2D eigenvalue weighted by atomic mass is 19.4. The Morgan fingerprint density at radius 1 is 1.03 bits per heavy atom. The molecule has 8 heteroatoms. The van der Waals surface area contributed by atoms with Crippen molar-refractivity contribution in [3.63, 3.8) is 0 Å². The molecule has 1 heterocycles. The van der Waals surface area contributed by atoms with Crippen LogP contribution in [0.3, 0.4) is 0 Å². The second-order valence-corrected chi connectivity index (χ2v) is 8.94. The van der Waals surface area contributed by atoms with E-state index in [0.29, 0.717) is 40.6 Å². The van der Waals surface area contributed by atoms with Crippen molar-refractivity contribution in [2.75, 3.05) is 11.1 Å². The van der Waals surface area contributed by atoms with Crippen LogP contribution < -0.4 is 11.1 Å². The number of ketones is 1. The number of carbonyl (C=O) groups excluding carboxylic acids is 1. The molecule has 0 amide bonds. The van der Waals surface area contributed by atoms with E-state index in [1.54, 1.807) is 24.3 Å². The molecule has 186 valence electrons. The van der Waals surface area contributed by atoms with Crippen LogP contribution in [0.4, 0.5) is 30.4 Å². The maximum absolute atomic E-state index is 13.1. The molecule has 1 aliphatic rings. The number of allylic oxidation sites excluding steroid dienone is 1. The number of benzene rings is 3. The third-order valence-corrected chi connectivity index (χ3v) is 6.24. The number of hydrogen-bond acceptors (Lipinski definition) is 5. The summed E-state index contributed by atoms with van der Waals surface area (Å²) < 4.78 is 39.2. The van der Waals surface area contributed by atoms with E-state index in [9.17, 15) is 18.0 Å². The Kier molecular flexibility index (Phi) is 6.25. The number of aryl methyl sites for hydroxylation is 1. The van der Waals surface area contributed by atoms with Crippen LogP contribution in [0.25, 0.3) is 17.5 Å². The Hall–Kier alpha value is -4.46. The van der Waals surface area contributed by atoms with Crippen molar-refractivity contribution in [1.29, 1.82) is 0 Å². The zero-order valence-corrected chi connectivity index (χ0v) is 19.9. The molecule has 0 saturated carbocycles. The number of rotatable bonds is 6. The fourth-order valence-corrected chi connectivity index (χ4v) is 4.20.